The lowest BCUT2D eigenvalue weighted by Crippen LogP contribution is -2.30. The Hall–Kier alpha value is -1.59. The van der Waals surface area contributed by atoms with Crippen molar-refractivity contribution in [3.8, 4) is 0 Å². The Kier molecular flexibility index (Phi) is 37.4. The van der Waals surface area contributed by atoms with E-state index in [0.29, 0.717) is 19.3 Å². The molecule has 0 radical (unpaired) electrons. The molecule has 0 aromatic heterocycles. The molecule has 0 aliphatic heterocycles. The van der Waals surface area contributed by atoms with Crippen LogP contribution in [-0.2, 0) is 28.6 Å². The Labute approximate surface area is 310 Å². The molecule has 0 saturated heterocycles. The maximum Gasteiger partial charge on any atom is 0.306 e. The molecule has 1 atom stereocenters. The van der Waals surface area contributed by atoms with Gasteiger partial charge in [-0.25, -0.2) is 0 Å². The standard InChI is InChI=1S/C44H84O6/c1-5-7-9-11-12-13-14-15-18-22-25-29-33-37-44(47)50-41(38-48-42(45)35-31-26-10-8-6-2)39-49-43(46)36-32-28-24-21-19-16-17-20-23-27-30-34-40(3)4/h40-41H,5-39H2,1-4H3/t41-/m1/s1. The van der Waals surface area contributed by atoms with Gasteiger partial charge < -0.3 is 14.2 Å². The third kappa shape index (κ3) is 37.7. The minimum absolute atomic E-state index is 0.0651. The molecule has 0 rings (SSSR count). The number of hydrogen-bond acceptors (Lipinski definition) is 6. The lowest BCUT2D eigenvalue weighted by molar-refractivity contribution is -0.167. The second-order valence-corrected chi connectivity index (χ2v) is 15.5. The topological polar surface area (TPSA) is 78.9 Å². The van der Waals surface area contributed by atoms with Crippen molar-refractivity contribution >= 4 is 17.9 Å². The average molecular weight is 709 g/mol. The predicted octanol–water partition coefficient (Wildman–Crippen LogP) is 13.6. The predicted molar refractivity (Wildman–Crippen MR) is 210 cm³/mol. The molecule has 0 bridgehead atoms. The van der Waals surface area contributed by atoms with Crippen molar-refractivity contribution in [2.24, 2.45) is 5.92 Å². The van der Waals surface area contributed by atoms with Crippen LogP contribution >= 0.6 is 0 Å². The van der Waals surface area contributed by atoms with Crippen LogP contribution in [0.2, 0.25) is 0 Å². The van der Waals surface area contributed by atoms with Crippen LogP contribution in [0.1, 0.15) is 240 Å². The van der Waals surface area contributed by atoms with E-state index in [1.54, 1.807) is 0 Å². The quantitative estimate of drug-likeness (QED) is 0.0359. The van der Waals surface area contributed by atoms with Crippen LogP contribution in [0.25, 0.3) is 0 Å². The van der Waals surface area contributed by atoms with Gasteiger partial charge in [-0.1, -0.05) is 201 Å². The molecule has 6 nitrogen and oxygen atoms in total. The number of ether oxygens (including phenoxy) is 3. The SMILES string of the molecule is CCCCCCCCCCCCCCCC(=O)O[C@H](COC(=O)CCCCCCC)COC(=O)CCCCCCCCCCCCCC(C)C. The van der Waals surface area contributed by atoms with Gasteiger partial charge in [0.15, 0.2) is 6.10 Å². The second-order valence-electron chi connectivity index (χ2n) is 15.5. The first-order valence-corrected chi connectivity index (χ1v) is 21.9. The van der Waals surface area contributed by atoms with E-state index in [1.807, 2.05) is 0 Å². The third-order valence-corrected chi connectivity index (χ3v) is 9.79. The summed E-state index contributed by atoms with van der Waals surface area (Å²) in [5.41, 5.74) is 0. The van der Waals surface area contributed by atoms with Crippen LogP contribution in [0.5, 0.6) is 0 Å². The minimum Gasteiger partial charge on any atom is -0.462 e. The van der Waals surface area contributed by atoms with Crippen LogP contribution in [0, 0.1) is 5.92 Å². The first kappa shape index (κ1) is 48.4. The summed E-state index contributed by atoms with van der Waals surface area (Å²) < 4.78 is 16.6. The van der Waals surface area contributed by atoms with Gasteiger partial charge in [0.2, 0.25) is 0 Å². The van der Waals surface area contributed by atoms with E-state index in [1.165, 1.54) is 128 Å². The Morgan fingerprint density at radius 3 is 0.980 bits per heavy atom. The molecule has 0 aromatic rings. The van der Waals surface area contributed by atoms with E-state index in [2.05, 4.69) is 27.7 Å². The zero-order chi connectivity index (χ0) is 36.8. The van der Waals surface area contributed by atoms with Gasteiger partial charge in [-0.2, -0.15) is 0 Å². The second kappa shape index (κ2) is 38.6. The molecular formula is C44H84O6. The molecule has 0 fully saturated rings. The number of esters is 3. The Balaban J connectivity index is 4.20. The lowest BCUT2D eigenvalue weighted by Gasteiger charge is -2.18. The van der Waals surface area contributed by atoms with E-state index in [0.717, 1.165) is 70.1 Å². The fourth-order valence-corrected chi connectivity index (χ4v) is 6.45. The summed E-state index contributed by atoms with van der Waals surface area (Å²) in [6.45, 7) is 8.91. The molecule has 0 amide bonds. The summed E-state index contributed by atoms with van der Waals surface area (Å²) in [5.74, 6) is -0.0433. The van der Waals surface area contributed by atoms with Crippen LogP contribution in [0.4, 0.5) is 0 Å². The fourth-order valence-electron chi connectivity index (χ4n) is 6.45. The number of hydrogen-bond donors (Lipinski definition) is 0. The van der Waals surface area contributed by atoms with Gasteiger partial charge in [0, 0.05) is 19.3 Å². The largest absolute Gasteiger partial charge is 0.462 e. The number of unbranched alkanes of at least 4 members (excludes halogenated alkanes) is 26. The van der Waals surface area contributed by atoms with Gasteiger partial charge >= 0.3 is 17.9 Å². The third-order valence-electron chi connectivity index (χ3n) is 9.79. The van der Waals surface area contributed by atoms with E-state index >= 15 is 0 Å². The zero-order valence-corrected chi connectivity index (χ0v) is 33.9. The van der Waals surface area contributed by atoms with Crippen LogP contribution in [-0.4, -0.2) is 37.2 Å². The van der Waals surface area contributed by atoms with Gasteiger partial charge in [-0.15, -0.1) is 0 Å². The van der Waals surface area contributed by atoms with Crippen LogP contribution in [0.3, 0.4) is 0 Å². The fraction of sp³-hybridized carbons (Fsp3) is 0.932. The highest BCUT2D eigenvalue weighted by atomic mass is 16.6. The smallest absolute Gasteiger partial charge is 0.306 e. The summed E-state index contributed by atoms with van der Waals surface area (Å²) in [7, 11) is 0. The Morgan fingerprint density at radius 1 is 0.380 bits per heavy atom. The molecule has 6 heteroatoms. The first-order valence-electron chi connectivity index (χ1n) is 21.9. The molecule has 0 spiro atoms. The summed E-state index contributed by atoms with van der Waals surface area (Å²) >= 11 is 0. The monoisotopic (exact) mass is 709 g/mol. The maximum atomic E-state index is 12.6. The van der Waals surface area contributed by atoms with E-state index < -0.39 is 6.10 Å². The molecule has 0 unspecified atom stereocenters. The van der Waals surface area contributed by atoms with E-state index in [4.69, 9.17) is 14.2 Å². The average Bonchev–Trinajstić information content (AvgIpc) is 3.09. The molecule has 0 aromatic carbocycles. The van der Waals surface area contributed by atoms with Gasteiger partial charge in [0.1, 0.15) is 13.2 Å². The molecule has 50 heavy (non-hydrogen) atoms. The zero-order valence-electron chi connectivity index (χ0n) is 33.9. The van der Waals surface area contributed by atoms with Crippen LogP contribution in [0.15, 0.2) is 0 Å². The van der Waals surface area contributed by atoms with E-state index in [-0.39, 0.29) is 31.1 Å². The summed E-state index contributed by atoms with van der Waals surface area (Å²) in [6, 6.07) is 0. The molecular weight excluding hydrogens is 624 g/mol. The van der Waals surface area contributed by atoms with Gasteiger partial charge in [0.05, 0.1) is 0 Å². The van der Waals surface area contributed by atoms with Crippen molar-refractivity contribution in [2.45, 2.75) is 246 Å². The summed E-state index contributed by atoms with van der Waals surface area (Å²) in [4.78, 5) is 37.4. The molecule has 0 saturated carbocycles. The number of carbonyl (C=O) groups excluding carboxylic acids is 3. The molecule has 0 aliphatic rings. The van der Waals surface area contributed by atoms with Crippen molar-refractivity contribution in [3.63, 3.8) is 0 Å². The van der Waals surface area contributed by atoms with Gasteiger partial charge in [0.25, 0.3) is 0 Å². The lowest BCUT2D eigenvalue weighted by atomic mass is 10.0. The highest BCUT2D eigenvalue weighted by molar-refractivity contribution is 5.71. The van der Waals surface area contributed by atoms with Crippen molar-refractivity contribution in [1.29, 1.82) is 0 Å². The highest BCUT2D eigenvalue weighted by Gasteiger charge is 2.19. The number of carbonyl (C=O) groups is 3. The molecule has 0 heterocycles. The van der Waals surface area contributed by atoms with Crippen molar-refractivity contribution in [3.05, 3.63) is 0 Å². The van der Waals surface area contributed by atoms with Crippen molar-refractivity contribution < 1.29 is 28.6 Å². The Morgan fingerprint density at radius 2 is 0.660 bits per heavy atom. The van der Waals surface area contributed by atoms with Gasteiger partial charge in [-0.05, 0) is 25.2 Å². The number of rotatable bonds is 39. The Bertz CT molecular complexity index is 751. The van der Waals surface area contributed by atoms with E-state index in [9.17, 15) is 14.4 Å². The molecule has 296 valence electrons. The molecule has 0 aliphatic carbocycles. The highest BCUT2D eigenvalue weighted by Crippen LogP contribution is 2.16. The van der Waals surface area contributed by atoms with Crippen LogP contribution < -0.4 is 0 Å². The van der Waals surface area contributed by atoms with Crippen molar-refractivity contribution in [1.82, 2.24) is 0 Å². The normalized spacial score (nSPS) is 11.9. The summed E-state index contributed by atoms with van der Waals surface area (Å²) in [5, 5.41) is 0. The van der Waals surface area contributed by atoms with Gasteiger partial charge in [-0.3, -0.25) is 14.4 Å². The molecule has 0 N–H and O–H groups in total. The summed E-state index contributed by atoms with van der Waals surface area (Å²) in [6.07, 6.45) is 36.8. The maximum absolute atomic E-state index is 12.6. The first-order chi connectivity index (χ1) is 24.4. The minimum atomic E-state index is -0.757. The van der Waals surface area contributed by atoms with Crippen molar-refractivity contribution in [2.75, 3.05) is 13.2 Å².